The van der Waals surface area contributed by atoms with Gasteiger partial charge in [-0.25, -0.2) is 4.98 Å². The molecule has 1 heterocycles. The van der Waals surface area contributed by atoms with Crippen molar-refractivity contribution in [1.29, 1.82) is 0 Å². The van der Waals surface area contributed by atoms with E-state index < -0.39 is 0 Å². The summed E-state index contributed by atoms with van der Waals surface area (Å²) < 4.78 is 2.08. The maximum atomic E-state index is 12.0. The molecule has 0 saturated carbocycles. The van der Waals surface area contributed by atoms with Gasteiger partial charge in [0.05, 0.1) is 15.0 Å². The van der Waals surface area contributed by atoms with Crippen molar-refractivity contribution in [2.45, 2.75) is 31.0 Å². The van der Waals surface area contributed by atoms with Crippen molar-refractivity contribution in [2.75, 3.05) is 5.32 Å². The second-order valence-corrected chi connectivity index (χ2v) is 7.28. The van der Waals surface area contributed by atoms with E-state index in [1.807, 2.05) is 18.2 Å². The van der Waals surface area contributed by atoms with Gasteiger partial charge in [0.15, 0.2) is 5.13 Å². The van der Waals surface area contributed by atoms with Crippen molar-refractivity contribution in [3.05, 3.63) is 22.7 Å². The number of hydrogen-bond donors (Lipinski definition) is 1. The van der Waals surface area contributed by atoms with E-state index in [9.17, 15) is 4.79 Å². The van der Waals surface area contributed by atoms with Gasteiger partial charge in [-0.05, 0) is 24.6 Å². The van der Waals surface area contributed by atoms with E-state index in [4.69, 9.17) is 0 Å². The maximum absolute atomic E-state index is 12.0. The Kier molecular flexibility index (Phi) is 5.36. The Morgan fingerprint density at radius 1 is 1.53 bits per heavy atom. The zero-order chi connectivity index (χ0) is 13.8. The number of aromatic nitrogens is 1. The average Bonchev–Trinajstić information content (AvgIpc) is 2.77. The average molecular weight is 406 g/mol. The SMILES string of the molecule is CCCC[C@@H](Br)C(=O)Nc1nc2ccc(Br)cc2s1. The van der Waals surface area contributed by atoms with Gasteiger partial charge >= 0.3 is 0 Å². The predicted octanol–water partition coefficient (Wildman–Crippen LogP) is 4.95. The van der Waals surface area contributed by atoms with Crippen LogP contribution in [0.3, 0.4) is 0 Å². The van der Waals surface area contributed by atoms with E-state index in [2.05, 4.69) is 49.1 Å². The zero-order valence-electron chi connectivity index (χ0n) is 10.5. The first-order valence-electron chi connectivity index (χ1n) is 6.11. The lowest BCUT2D eigenvalue weighted by Crippen LogP contribution is -2.22. The van der Waals surface area contributed by atoms with Crippen molar-refractivity contribution in [1.82, 2.24) is 4.98 Å². The molecule has 0 saturated heterocycles. The highest BCUT2D eigenvalue weighted by atomic mass is 79.9. The number of unbranched alkanes of at least 4 members (excludes halogenated alkanes) is 1. The Hall–Kier alpha value is -0.460. The highest BCUT2D eigenvalue weighted by molar-refractivity contribution is 9.10. The van der Waals surface area contributed by atoms with Crippen LogP contribution in [-0.2, 0) is 4.79 Å². The minimum Gasteiger partial charge on any atom is -0.301 e. The van der Waals surface area contributed by atoms with Crippen molar-refractivity contribution in [2.24, 2.45) is 0 Å². The van der Waals surface area contributed by atoms with Crippen LogP contribution in [0.2, 0.25) is 0 Å². The number of carbonyl (C=O) groups excluding carboxylic acids is 1. The van der Waals surface area contributed by atoms with E-state index >= 15 is 0 Å². The monoisotopic (exact) mass is 404 g/mol. The number of rotatable bonds is 5. The molecular formula is C13H14Br2N2OS. The Morgan fingerprint density at radius 2 is 2.32 bits per heavy atom. The van der Waals surface area contributed by atoms with Crippen molar-refractivity contribution in [3.8, 4) is 0 Å². The van der Waals surface area contributed by atoms with E-state index in [1.165, 1.54) is 11.3 Å². The molecular weight excluding hydrogens is 392 g/mol. The number of thiazole rings is 1. The van der Waals surface area contributed by atoms with E-state index in [0.29, 0.717) is 5.13 Å². The van der Waals surface area contributed by atoms with Gasteiger partial charge in [0, 0.05) is 4.47 Å². The van der Waals surface area contributed by atoms with Crippen LogP contribution in [0.25, 0.3) is 10.2 Å². The quantitative estimate of drug-likeness (QED) is 0.715. The molecule has 1 atom stereocenters. The number of nitrogens with zero attached hydrogens (tertiary/aromatic N) is 1. The van der Waals surface area contributed by atoms with Crippen LogP contribution in [0.4, 0.5) is 5.13 Å². The smallest absolute Gasteiger partial charge is 0.239 e. The lowest BCUT2D eigenvalue weighted by atomic mass is 10.2. The summed E-state index contributed by atoms with van der Waals surface area (Å²) in [4.78, 5) is 16.2. The van der Waals surface area contributed by atoms with E-state index in [1.54, 1.807) is 0 Å². The Balaban J connectivity index is 2.06. The van der Waals surface area contributed by atoms with Gasteiger partial charge in [0.2, 0.25) is 5.91 Å². The molecule has 0 aliphatic rings. The number of carbonyl (C=O) groups is 1. The van der Waals surface area contributed by atoms with Gasteiger partial charge in [-0.3, -0.25) is 4.79 Å². The highest BCUT2D eigenvalue weighted by Gasteiger charge is 2.16. The number of anilines is 1. The molecule has 0 spiro atoms. The summed E-state index contributed by atoms with van der Waals surface area (Å²) in [7, 11) is 0. The second-order valence-electron chi connectivity index (χ2n) is 4.23. The van der Waals surface area contributed by atoms with Crippen LogP contribution < -0.4 is 5.32 Å². The van der Waals surface area contributed by atoms with E-state index in [-0.39, 0.29) is 10.7 Å². The van der Waals surface area contributed by atoms with Gasteiger partial charge in [-0.15, -0.1) is 0 Å². The fourth-order valence-electron chi connectivity index (χ4n) is 1.65. The summed E-state index contributed by atoms with van der Waals surface area (Å²) in [5.74, 6) is -0.0217. The summed E-state index contributed by atoms with van der Waals surface area (Å²) in [6.07, 6.45) is 2.97. The second kappa shape index (κ2) is 6.81. The van der Waals surface area contributed by atoms with Gasteiger partial charge in [-0.1, -0.05) is 63.0 Å². The van der Waals surface area contributed by atoms with Gasteiger partial charge in [-0.2, -0.15) is 0 Å². The Morgan fingerprint density at radius 3 is 3.05 bits per heavy atom. The number of fused-ring (bicyclic) bond motifs is 1. The van der Waals surface area contributed by atoms with E-state index in [0.717, 1.165) is 34.0 Å². The zero-order valence-corrected chi connectivity index (χ0v) is 14.4. The van der Waals surface area contributed by atoms with Crippen LogP contribution in [0.5, 0.6) is 0 Å². The van der Waals surface area contributed by atoms with Gasteiger partial charge < -0.3 is 5.32 Å². The minimum atomic E-state index is -0.147. The van der Waals surface area contributed by atoms with Gasteiger partial charge in [0.25, 0.3) is 0 Å². The molecule has 0 radical (unpaired) electrons. The maximum Gasteiger partial charge on any atom is 0.239 e. The molecule has 0 aliphatic heterocycles. The fourth-order valence-corrected chi connectivity index (χ4v) is 3.51. The molecule has 1 aromatic heterocycles. The summed E-state index contributed by atoms with van der Waals surface area (Å²) >= 11 is 8.33. The highest BCUT2D eigenvalue weighted by Crippen LogP contribution is 2.28. The third kappa shape index (κ3) is 4.00. The van der Waals surface area contributed by atoms with Crippen LogP contribution in [0.1, 0.15) is 26.2 Å². The summed E-state index contributed by atoms with van der Waals surface area (Å²) in [6.45, 7) is 2.11. The first-order chi connectivity index (χ1) is 9.10. The molecule has 1 aromatic carbocycles. The molecule has 6 heteroatoms. The molecule has 1 N–H and O–H groups in total. The van der Waals surface area contributed by atoms with Crippen LogP contribution in [0, 0.1) is 0 Å². The van der Waals surface area contributed by atoms with Crippen LogP contribution in [0.15, 0.2) is 22.7 Å². The third-order valence-electron chi connectivity index (χ3n) is 2.68. The molecule has 3 nitrogen and oxygen atoms in total. The predicted molar refractivity (Wildman–Crippen MR) is 88.2 cm³/mol. The van der Waals surface area contributed by atoms with Crippen LogP contribution in [-0.4, -0.2) is 15.7 Å². The molecule has 0 fully saturated rings. The Labute approximate surface area is 133 Å². The number of hydrogen-bond acceptors (Lipinski definition) is 3. The fraction of sp³-hybridized carbons (Fsp3) is 0.385. The molecule has 2 rings (SSSR count). The summed E-state index contributed by atoms with van der Waals surface area (Å²) in [6, 6.07) is 5.89. The van der Waals surface area contributed by atoms with Crippen molar-refractivity contribution < 1.29 is 4.79 Å². The van der Waals surface area contributed by atoms with Crippen LogP contribution >= 0.6 is 43.2 Å². The number of alkyl halides is 1. The molecule has 19 heavy (non-hydrogen) atoms. The molecule has 0 bridgehead atoms. The number of nitrogens with one attached hydrogen (secondary N) is 1. The minimum absolute atomic E-state index is 0.0217. The Bertz CT molecular complexity index is 585. The molecule has 102 valence electrons. The first kappa shape index (κ1) is 14.9. The lowest BCUT2D eigenvalue weighted by molar-refractivity contribution is -0.115. The first-order valence-corrected chi connectivity index (χ1v) is 8.63. The van der Waals surface area contributed by atoms with Crippen molar-refractivity contribution in [3.63, 3.8) is 0 Å². The number of amides is 1. The standard InChI is InChI=1S/C13H14Br2N2OS/c1-2-3-4-9(15)12(18)17-13-16-10-6-5-8(14)7-11(10)19-13/h5-7,9H,2-4H2,1H3,(H,16,17,18)/t9-/m1/s1. The molecule has 0 unspecified atom stereocenters. The lowest BCUT2D eigenvalue weighted by Gasteiger charge is -2.07. The van der Waals surface area contributed by atoms with Gasteiger partial charge in [0.1, 0.15) is 0 Å². The molecule has 1 amide bonds. The largest absolute Gasteiger partial charge is 0.301 e. The number of halogens is 2. The van der Waals surface area contributed by atoms with Crippen molar-refractivity contribution >= 4 is 64.5 Å². The topological polar surface area (TPSA) is 42.0 Å². The summed E-state index contributed by atoms with van der Waals surface area (Å²) in [5.41, 5.74) is 0.906. The third-order valence-corrected chi connectivity index (χ3v) is 4.98. The number of benzene rings is 1. The normalized spacial score (nSPS) is 12.6. The molecule has 2 aromatic rings. The summed E-state index contributed by atoms with van der Waals surface area (Å²) in [5, 5.41) is 3.52. The molecule has 0 aliphatic carbocycles.